The van der Waals surface area contributed by atoms with Crippen molar-refractivity contribution in [2.75, 3.05) is 6.61 Å². The zero-order chi connectivity index (χ0) is 88.6. The minimum atomic E-state index is -1.95. The highest BCUT2D eigenvalue weighted by molar-refractivity contribution is 6.04. The van der Waals surface area contributed by atoms with Crippen LogP contribution in [-0.2, 0) is 92.7 Å². The van der Waals surface area contributed by atoms with Gasteiger partial charge in [0.05, 0.1) is 12.6 Å². The van der Waals surface area contributed by atoms with E-state index in [9.17, 15) is 91.4 Å². The average Bonchev–Trinajstić information content (AvgIpc) is 1.47. The number of aromatic nitrogens is 1. The highest BCUT2D eigenvalue weighted by atomic mass is 16.3. The summed E-state index contributed by atoms with van der Waals surface area (Å²) in [5.41, 5.74) is 4.83. The van der Waals surface area contributed by atoms with Crippen molar-refractivity contribution in [1.82, 2.24) is 84.7 Å². The Labute approximate surface area is 671 Å². The van der Waals surface area contributed by atoms with E-state index in [4.69, 9.17) is 17.2 Å². The summed E-state index contributed by atoms with van der Waals surface area (Å²) in [7, 11) is 0. The van der Waals surface area contributed by atoms with Gasteiger partial charge < -0.3 is 107 Å². The Kier molecular flexibility index (Phi) is 37.1. The van der Waals surface area contributed by atoms with Crippen LogP contribution in [0.4, 0.5) is 0 Å². The number of nitrogens with one attached hydrogen (secondary N) is 16. The molecule has 1 aromatic carbocycles. The van der Waals surface area contributed by atoms with E-state index in [0.717, 1.165) is 16.5 Å². The molecular formula is C77H127N19O19. The maximum Gasteiger partial charge on any atom is 0.246 e. The second-order valence-electron chi connectivity index (χ2n) is 34.2. The van der Waals surface area contributed by atoms with Crippen molar-refractivity contribution >= 4 is 117 Å². The summed E-state index contributed by atoms with van der Waals surface area (Å²) in [6.07, 6.45) is -0.204. The van der Waals surface area contributed by atoms with Crippen LogP contribution in [0.3, 0.4) is 0 Å². The second kappa shape index (κ2) is 42.5. The molecule has 38 heteroatoms. The molecule has 0 saturated carbocycles. The van der Waals surface area contributed by atoms with Crippen LogP contribution in [0, 0.1) is 17.8 Å². The molecule has 0 aliphatic heterocycles. The molecule has 2 aromatic rings. The van der Waals surface area contributed by atoms with Gasteiger partial charge >= 0.3 is 0 Å². The normalized spacial score (nSPS) is 14.2. The number of carbonyl (C=O) groups excluding carboxylic acids is 18. The van der Waals surface area contributed by atoms with Crippen LogP contribution in [-0.4, -0.2) is 210 Å². The predicted octanol–water partition coefficient (Wildman–Crippen LogP) is -2.18. The quantitative estimate of drug-likeness (QED) is 0.0335. The number of para-hydroxylation sites is 1. The molecule has 0 aliphatic rings. The number of aromatic amines is 1. The molecule has 115 heavy (non-hydrogen) atoms. The number of fused-ring (bicyclic) bond motifs is 1. The van der Waals surface area contributed by atoms with Gasteiger partial charge in [0.15, 0.2) is 0 Å². The van der Waals surface area contributed by atoms with Gasteiger partial charge in [-0.2, -0.15) is 0 Å². The van der Waals surface area contributed by atoms with Crippen LogP contribution < -0.4 is 97.0 Å². The number of aliphatic hydroxyl groups is 1. The van der Waals surface area contributed by atoms with Crippen molar-refractivity contribution in [1.29, 1.82) is 0 Å². The number of carbonyl (C=O) groups is 18. The lowest BCUT2D eigenvalue weighted by Gasteiger charge is -2.36. The summed E-state index contributed by atoms with van der Waals surface area (Å²) >= 11 is 0. The number of nitrogens with two attached hydrogens (primary N) is 3. The van der Waals surface area contributed by atoms with Gasteiger partial charge in [-0.1, -0.05) is 59.7 Å². The van der Waals surface area contributed by atoms with Crippen molar-refractivity contribution < 1.29 is 91.4 Å². The van der Waals surface area contributed by atoms with Crippen molar-refractivity contribution in [3.63, 3.8) is 0 Å². The monoisotopic (exact) mass is 1620 g/mol. The minimum Gasteiger partial charge on any atom is -0.394 e. The molecule has 2 rings (SSSR count). The first kappa shape index (κ1) is 100. The summed E-state index contributed by atoms with van der Waals surface area (Å²) < 4.78 is 0. The molecule has 18 amide bonds. The third kappa shape index (κ3) is 32.9. The number of amides is 18. The summed E-state index contributed by atoms with van der Waals surface area (Å²) in [6, 6.07) is -2.96. The molecule has 0 radical (unpaired) electrons. The van der Waals surface area contributed by atoms with Gasteiger partial charge in [-0.15, -0.1) is 0 Å². The maximum absolute atomic E-state index is 14.2. The molecule has 0 fully saturated rings. The fraction of sp³-hybridized carbons (Fsp3) is 0.662. The van der Waals surface area contributed by atoms with Gasteiger partial charge in [-0.25, -0.2) is 0 Å². The Hall–Kier alpha value is -10.8. The Balaban J connectivity index is 2.26. The molecule has 0 bridgehead atoms. The van der Waals surface area contributed by atoms with E-state index in [2.05, 4.69) is 84.7 Å². The van der Waals surface area contributed by atoms with Crippen molar-refractivity contribution in [2.45, 2.75) is 304 Å². The van der Waals surface area contributed by atoms with E-state index in [1.807, 2.05) is 38.1 Å². The third-order valence-corrected chi connectivity index (χ3v) is 18.4. The summed E-state index contributed by atoms with van der Waals surface area (Å²) in [5.74, 6) is -16.1. The van der Waals surface area contributed by atoms with E-state index < -0.39 is 226 Å². The number of primary amides is 3. The second-order valence-corrected chi connectivity index (χ2v) is 34.2. The third-order valence-electron chi connectivity index (χ3n) is 18.4. The van der Waals surface area contributed by atoms with E-state index in [-0.39, 0.29) is 49.9 Å². The lowest BCUT2D eigenvalue weighted by molar-refractivity contribution is -0.141. The van der Waals surface area contributed by atoms with Crippen LogP contribution in [0.25, 0.3) is 10.9 Å². The molecule has 8 atom stereocenters. The van der Waals surface area contributed by atoms with Gasteiger partial charge in [-0.3, -0.25) is 86.3 Å². The highest BCUT2D eigenvalue weighted by Gasteiger charge is 2.45. The number of H-pyrrole nitrogens is 1. The number of rotatable bonds is 47. The SMILES string of the molecule is CC(=O)N[C@H](Cc1c[nH]c2ccccc12)C(=O)N[C@@H](C)C(=O)NC(C)(C)C(=O)NC(C)(C)C(=O)N[C@@H](CC(C)C)C(=O)NC(C)(C)C(=O)N[C@@H](CCC(N)=O)C(=O)NC(C)(C)C(=O)NC(C)(C)C(=O)NC(C)(C)C(=O)N[C@@H](CCC(N)=O)C(=O)N[C@@H](CC(C)C)C(=O)NC(C)(C)C(=O)N[C@@H](CCC(N)=O)C(=O)N[C@H](CO)CC(C)C. The van der Waals surface area contributed by atoms with Gasteiger partial charge in [-0.05, 0) is 172 Å². The van der Waals surface area contributed by atoms with Crippen LogP contribution in [0.1, 0.15) is 216 Å². The summed E-state index contributed by atoms with van der Waals surface area (Å²) in [6.45, 7) is 31.0. The molecule has 0 spiro atoms. The molecule has 644 valence electrons. The van der Waals surface area contributed by atoms with Crippen molar-refractivity contribution in [3.8, 4) is 0 Å². The van der Waals surface area contributed by atoms with E-state index in [1.54, 1.807) is 33.9 Å². The van der Waals surface area contributed by atoms with Gasteiger partial charge in [0.2, 0.25) is 106 Å². The van der Waals surface area contributed by atoms with Crippen molar-refractivity contribution in [2.24, 2.45) is 35.0 Å². The fourth-order valence-electron chi connectivity index (χ4n) is 11.4. The molecular weight excluding hydrogens is 1490 g/mol. The molecule has 0 saturated heterocycles. The minimum absolute atomic E-state index is 0.0104. The smallest absolute Gasteiger partial charge is 0.246 e. The molecule has 1 heterocycles. The first-order valence-electron chi connectivity index (χ1n) is 38.3. The van der Waals surface area contributed by atoms with Gasteiger partial charge in [0.25, 0.3) is 0 Å². The number of aliphatic hydroxyl groups excluding tert-OH is 1. The Morgan fingerprint density at radius 2 is 0.661 bits per heavy atom. The van der Waals surface area contributed by atoms with Crippen molar-refractivity contribution in [3.05, 3.63) is 36.0 Å². The lowest BCUT2D eigenvalue weighted by Crippen LogP contribution is -2.68. The van der Waals surface area contributed by atoms with E-state index in [1.165, 1.54) is 111 Å². The zero-order valence-corrected chi connectivity index (χ0v) is 70.5. The number of hydrogen-bond acceptors (Lipinski definition) is 19. The maximum atomic E-state index is 14.2. The van der Waals surface area contributed by atoms with Gasteiger partial charge in [0, 0.05) is 49.7 Å². The van der Waals surface area contributed by atoms with Gasteiger partial charge in [0.1, 0.15) is 81.1 Å². The summed E-state index contributed by atoms with van der Waals surface area (Å²) in [5, 5.41) is 49.2. The van der Waals surface area contributed by atoms with E-state index >= 15 is 0 Å². The Morgan fingerprint density at radius 3 is 1.03 bits per heavy atom. The first-order valence-corrected chi connectivity index (χ1v) is 38.3. The molecule has 0 unspecified atom stereocenters. The molecule has 0 aliphatic carbocycles. The zero-order valence-electron chi connectivity index (χ0n) is 70.5. The van der Waals surface area contributed by atoms with Crippen LogP contribution in [0.2, 0.25) is 0 Å². The number of benzene rings is 1. The number of hydrogen-bond donors (Lipinski definition) is 20. The Morgan fingerprint density at radius 1 is 0.357 bits per heavy atom. The summed E-state index contributed by atoms with van der Waals surface area (Å²) in [4.78, 5) is 247. The van der Waals surface area contributed by atoms with Crippen LogP contribution in [0.15, 0.2) is 30.5 Å². The largest absolute Gasteiger partial charge is 0.394 e. The predicted molar refractivity (Wildman–Crippen MR) is 425 cm³/mol. The Bertz CT molecular complexity index is 3900. The molecule has 1 aromatic heterocycles. The average molecular weight is 1620 g/mol. The first-order chi connectivity index (χ1) is 52.6. The molecule has 23 N–H and O–H groups in total. The standard InChI is InChI=1S/C77H127N19O19/c1-39(2)33-45(38-97)84-58(103)48(27-30-54(78)99)86-64(109)71(9,10)92-62(107)51(34-40(3)4)85-59(104)49(28-31-55(79)100)87-66(111)73(13,14)95-70(115)77(21,22)96-69(114)76(19,20)91-61(106)50(29-32-56(80)101)88-65(110)72(11,12)93-63(108)52(35-41(5)6)89-67(112)74(15,16)94-68(113)75(17,18)90-57(102)42(7)82-60(105)53(83-43(8)98)36-44-37-81-47-26-24-23-25-46(44)47/h23-26,37,39-42,45,48-53,81,97H,27-36,38H2,1-22H3,(H2,78,99)(H2,79,100)(H2,80,101)(H,82,105)(H,83,98)(H,84,103)(H,85,104)(H,86,109)(H,87,111)(H,88,110)(H,89,112)(H,90,102)(H,91,106)(H,92,107)(H,93,108)(H,94,113)(H,95,115)(H,96,114)/t42-,45-,48-,49-,50-,51-,52-,53+/m0/s1. The topological polar surface area (TPSA) is 602 Å². The fourth-order valence-corrected chi connectivity index (χ4v) is 11.4. The van der Waals surface area contributed by atoms with Crippen LogP contribution >= 0.6 is 0 Å². The van der Waals surface area contributed by atoms with E-state index in [0.29, 0.717) is 6.42 Å². The highest BCUT2D eigenvalue weighted by Crippen LogP contribution is 2.22. The lowest BCUT2D eigenvalue weighted by atomic mass is 9.95. The van der Waals surface area contributed by atoms with Crippen LogP contribution in [0.5, 0.6) is 0 Å². The molecule has 38 nitrogen and oxygen atoms in total.